The average Bonchev–Trinajstić information content (AvgIpc) is 2.94. The van der Waals surface area contributed by atoms with E-state index in [1.54, 1.807) is 11.8 Å². The Morgan fingerprint density at radius 1 is 1.35 bits per heavy atom. The van der Waals surface area contributed by atoms with Gasteiger partial charge in [-0.05, 0) is 44.4 Å². The number of hydrogen-bond donors (Lipinski definition) is 0. The third-order valence-corrected chi connectivity index (χ3v) is 5.07. The van der Waals surface area contributed by atoms with Crippen molar-refractivity contribution < 1.29 is 9.53 Å². The zero-order valence-electron chi connectivity index (χ0n) is 16.7. The van der Waals surface area contributed by atoms with Crippen LogP contribution in [-0.4, -0.2) is 34.7 Å². The number of amides is 1. The van der Waals surface area contributed by atoms with Crippen LogP contribution in [0.5, 0.6) is 0 Å². The van der Waals surface area contributed by atoms with E-state index in [0.717, 1.165) is 48.5 Å². The van der Waals surface area contributed by atoms with Gasteiger partial charge in [-0.2, -0.15) is 0 Å². The highest BCUT2D eigenvalue weighted by atomic mass is 16.5. The summed E-state index contributed by atoms with van der Waals surface area (Å²) in [7, 11) is 0. The van der Waals surface area contributed by atoms with Crippen LogP contribution >= 0.6 is 0 Å². The van der Waals surface area contributed by atoms with E-state index in [9.17, 15) is 4.79 Å². The van der Waals surface area contributed by atoms with Gasteiger partial charge in [0.1, 0.15) is 5.82 Å². The number of imidazole rings is 1. The highest BCUT2D eigenvalue weighted by molar-refractivity contribution is 5.93. The molecule has 0 saturated carbocycles. The summed E-state index contributed by atoms with van der Waals surface area (Å²) in [6.07, 6.45) is 3.76. The lowest BCUT2D eigenvalue weighted by atomic mass is 9.95. The smallest absolute Gasteiger partial charge is 0.223 e. The molecule has 1 atom stereocenters. The molecule has 1 amide bonds. The second kappa shape index (κ2) is 7.39. The summed E-state index contributed by atoms with van der Waals surface area (Å²) in [5.74, 6) is 1.13. The summed E-state index contributed by atoms with van der Waals surface area (Å²) in [6, 6.07) is 6.16. The Labute approximate surface area is 156 Å². The van der Waals surface area contributed by atoms with E-state index < -0.39 is 0 Å². The number of ether oxygens (including phenoxy) is 1. The molecule has 0 bridgehead atoms. The SMILES string of the molecule is CCN(C(C)=O)c1ccc2c(c1)nc(C(C)(C)C)n2CC1CCCCO1. The van der Waals surface area contributed by atoms with Crippen LogP contribution in [0.2, 0.25) is 0 Å². The number of nitrogens with zero attached hydrogens (tertiary/aromatic N) is 3. The number of fused-ring (bicyclic) bond motifs is 1. The molecule has 1 fully saturated rings. The molecule has 1 saturated heterocycles. The molecule has 1 aromatic heterocycles. The summed E-state index contributed by atoms with van der Waals surface area (Å²) < 4.78 is 8.30. The number of anilines is 1. The molecule has 5 nitrogen and oxygen atoms in total. The van der Waals surface area contributed by atoms with E-state index in [4.69, 9.17) is 9.72 Å². The van der Waals surface area contributed by atoms with Gasteiger partial charge in [-0.25, -0.2) is 4.98 Å². The van der Waals surface area contributed by atoms with Gasteiger partial charge in [0.2, 0.25) is 5.91 Å². The number of aromatic nitrogens is 2. The minimum atomic E-state index is -0.0567. The van der Waals surface area contributed by atoms with Gasteiger partial charge in [0.25, 0.3) is 0 Å². The first kappa shape index (κ1) is 18.9. The van der Waals surface area contributed by atoms with Crippen LogP contribution in [0.3, 0.4) is 0 Å². The van der Waals surface area contributed by atoms with E-state index in [1.807, 2.05) is 19.1 Å². The molecule has 0 N–H and O–H groups in total. The lowest BCUT2D eigenvalue weighted by Gasteiger charge is -2.26. The van der Waals surface area contributed by atoms with Crippen LogP contribution in [0.15, 0.2) is 18.2 Å². The van der Waals surface area contributed by atoms with Crippen molar-refractivity contribution in [3.63, 3.8) is 0 Å². The second-order valence-corrected chi connectivity index (χ2v) is 8.22. The first-order valence-electron chi connectivity index (χ1n) is 9.71. The van der Waals surface area contributed by atoms with Crippen LogP contribution in [0.4, 0.5) is 5.69 Å². The predicted molar refractivity (Wildman–Crippen MR) is 106 cm³/mol. The van der Waals surface area contributed by atoms with Crippen LogP contribution < -0.4 is 4.90 Å². The van der Waals surface area contributed by atoms with E-state index in [0.29, 0.717) is 6.54 Å². The summed E-state index contributed by atoms with van der Waals surface area (Å²) in [5.41, 5.74) is 2.92. The highest BCUT2D eigenvalue weighted by Gasteiger charge is 2.26. The van der Waals surface area contributed by atoms with Crippen molar-refractivity contribution >= 4 is 22.6 Å². The number of carbonyl (C=O) groups is 1. The van der Waals surface area contributed by atoms with E-state index in [1.165, 1.54) is 6.42 Å². The highest BCUT2D eigenvalue weighted by Crippen LogP contribution is 2.30. The van der Waals surface area contributed by atoms with Gasteiger partial charge >= 0.3 is 0 Å². The molecule has 1 aromatic carbocycles. The second-order valence-electron chi connectivity index (χ2n) is 8.22. The van der Waals surface area contributed by atoms with E-state index in [2.05, 4.69) is 31.4 Å². The van der Waals surface area contributed by atoms with Gasteiger partial charge in [0, 0.05) is 31.2 Å². The maximum Gasteiger partial charge on any atom is 0.223 e. The van der Waals surface area contributed by atoms with Crippen LogP contribution in [0.25, 0.3) is 11.0 Å². The van der Waals surface area contributed by atoms with Crippen molar-refractivity contribution in [2.24, 2.45) is 0 Å². The van der Waals surface area contributed by atoms with Gasteiger partial charge in [0.15, 0.2) is 0 Å². The fourth-order valence-electron chi connectivity index (χ4n) is 3.79. The molecule has 5 heteroatoms. The molecule has 0 aliphatic carbocycles. The third-order valence-electron chi connectivity index (χ3n) is 5.07. The van der Waals surface area contributed by atoms with Crippen molar-refractivity contribution in [2.75, 3.05) is 18.1 Å². The zero-order valence-corrected chi connectivity index (χ0v) is 16.7. The summed E-state index contributed by atoms with van der Waals surface area (Å²) in [4.78, 5) is 18.6. The fraction of sp³-hybridized carbons (Fsp3) is 0.619. The molecule has 0 radical (unpaired) electrons. The van der Waals surface area contributed by atoms with Gasteiger partial charge in [-0.1, -0.05) is 20.8 Å². The van der Waals surface area contributed by atoms with Crippen molar-refractivity contribution in [3.8, 4) is 0 Å². The molecule has 3 rings (SSSR count). The van der Waals surface area contributed by atoms with E-state index >= 15 is 0 Å². The monoisotopic (exact) mass is 357 g/mol. The zero-order chi connectivity index (χ0) is 18.9. The van der Waals surface area contributed by atoms with Crippen molar-refractivity contribution in [3.05, 3.63) is 24.0 Å². The molecule has 1 aliphatic heterocycles. The number of rotatable bonds is 4. The largest absolute Gasteiger partial charge is 0.376 e. The molecule has 1 aliphatic rings. The summed E-state index contributed by atoms with van der Waals surface area (Å²) in [5, 5.41) is 0. The van der Waals surface area contributed by atoms with Gasteiger partial charge in [0.05, 0.1) is 23.7 Å². The lowest BCUT2D eigenvalue weighted by Crippen LogP contribution is -2.28. The summed E-state index contributed by atoms with van der Waals surface area (Å²) in [6.45, 7) is 12.5. The molecular weight excluding hydrogens is 326 g/mol. The van der Waals surface area contributed by atoms with Crippen LogP contribution in [0.1, 0.15) is 59.7 Å². The number of benzene rings is 1. The minimum absolute atomic E-state index is 0.0536. The quantitative estimate of drug-likeness (QED) is 0.821. The lowest BCUT2D eigenvalue weighted by molar-refractivity contribution is -0.116. The number of carbonyl (C=O) groups excluding carboxylic acids is 1. The van der Waals surface area contributed by atoms with Crippen LogP contribution in [-0.2, 0) is 21.5 Å². The van der Waals surface area contributed by atoms with Crippen LogP contribution in [0, 0.1) is 0 Å². The normalized spacial score (nSPS) is 18.3. The molecule has 2 aromatic rings. The Balaban J connectivity index is 2.04. The van der Waals surface area contributed by atoms with Gasteiger partial charge < -0.3 is 14.2 Å². The Bertz CT molecular complexity index is 782. The Hall–Kier alpha value is -1.88. The first-order valence-corrected chi connectivity index (χ1v) is 9.71. The molecule has 0 spiro atoms. The predicted octanol–water partition coefficient (Wildman–Crippen LogP) is 4.28. The number of hydrogen-bond acceptors (Lipinski definition) is 3. The maximum absolute atomic E-state index is 11.9. The fourth-order valence-corrected chi connectivity index (χ4v) is 3.79. The molecule has 142 valence electrons. The third kappa shape index (κ3) is 3.78. The molecular formula is C21H31N3O2. The maximum atomic E-state index is 11.9. The minimum Gasteiger partial charge on any atom is -0.376 e. The van der Waals surface area contributed by atoms with Crippen molar-refractivity contribution in [1.82, 2.24) is 9.55 Å². The van der Waals surface area contributed by atoms with Crippen molar-refractivity contribution in [2.45, 2.75) is 71.9 Å². The van der Waals surface area contributed by atoms with Crippen molar-refractivity contribution in [1.29, 1.82) is 0 Å². The molecule has 2 heterocycles. The van der Waals surface area contributed by atoms with Gasteiger partial charge in [-0.15, -0.1) is 0 Å². The molecule has 26 heavy (non-hydrogen) atoms. The Kier molecular flexibility index (Phi) is 5.37. The Morgan fingerprint density at radius 2 is 2.12 bits per heavy atom. The standard InChI is InChI=1S/C21H31N3O2/c1-6-23(15(2)25)16-10-11-19-18(13-16)22-20(21(3,4)5)24(19)14-17-9-7-8-12-26-17/h10-11,13,17H,6-9,12,14H2,1-5H3. The first-order chi connectivity index (χ1) is 12.3. The Morgan fingerprint density at radius 3 is 2.69 bits per heavy atom. The van der Waals surface area contributed by atoms with E-state index in [-0.39, 0.29) is 17.4 Å². The average molecular weight is 357 g/mol. The topological polar surface area (TPSA) is 47.4 Å². The molecule has 1 unspecified atom stereocenters. The van der Waals surface area contributed by atoms with Gasteiger partial charge in [-0.3, -0.25) is 4.79 Å². The summed E-state index contributed by atoms with van der Waals surface area (Å²) >= 11 is 0.